The lowest BCUT2D eigenvalue weighted by molar-refractivity contribution is -0.215. The minimum Gasteiger partial charge on any atom is -0.472 e. The predicted molar refractivity (Wildman–Crippen MR) is 84.4 cm³/mol. The maximum Gasteiger partial charge on any atom is 0.312 e. The number of carbonyl (C=O) groups is 3. The highest BCUT2D eigenvalue weighted by atomic mass is 16.6. The van der Waals surface area contributed by atoms with E-state index >= 15 is 0 Å². The number of carbonyl (C=O) groups excluding carboxylic acids is 3. The highest BCUT2D eigenvalue weighted by molar-refractivity contribution is 5.97. The van der Waals surface area contributed by atoms with E-state index < -0.39 is 52.6 Å². The molecule has 5 rings (SSSR count). The quantitative estimate of drug-likeness (QED) is 0.758. The van der Waals surface area contributed by atoms with E-state index in [1.54, 1.807) is 12.3 Å². The molecule has 2 saturated carbocycles. The molecule has 7 heteroatoms. The fourth-order valence-corrected chi connectivity index (χ4v) is 5.77. The summed E-state index contributed by atoms with van der Waals surface area (Å²) >= 11 is 0. The lowest BCUT2D eigenvalue weighted by Gasteiger charge is -2.58. The second-order valence-corrected chi connectivity index (χ2v) is 8.33. The largest absolute Gasteiger partial charge is 0.472 e. The molecule has 0 aromatic carbocycles. The molecule has 7 atom stereocenters. The van der Waals surface area contributed by atoms with E-state index in [1.807, 2.05) is 6.92 Å². The van der Waals surface area contributed by atoms with Crippen LogP contribution in [0, 0.1) is 23.2 Å². The van der Waals surface area contributed by atoms with Crippen LogP contribution >= 0.6 is 0 Å². The van der Waals surface area contributed by atoms with Gasteiger partial charge in [-0.1, -0.05) is 6.92 Å². The highest BCUT2D eigenvalue weighted by Crippen LogP contribution is 2.62. The molecule has 7 nitrogen and oxygen atoms in total. The Labute approximate surface area is 149 Å². The topological polar surface area (TPSA) is 103 Å². The van der Waals surface area contributed by atoms with Crippen LogP contribution in [-0.4, -0.2) is 34.5 Å². The molecule has 138 valence electrons. The number of hydrogen-bond acceptors (Lipinski definition) is 7. The first-order valence-corrected chi connectivity index (χ1v) is 9.03. The number of furan rings is 1. The predicted octanol–water partition coefficient (Wildman–Crippen LogP) is 1.55. The van der Waals surface area contributed by atoms with Gasteiger partial charge in [0.1, 0.15) is 17.8 Å². The van der Waals surface area contributed by atoms with Crippen molar-refractivity contribution in [1.82, 2.24) is 0 Å². The summed E-state index contributed by atoms with van der Waals surface area (Å²) in [6.45, 7) is 1.93. The molecule has 3 heterocycles. The number of Topliss-reactive ketones (excluding diaryl/α,β-unsaturated/α-hetero) is 1. The van der Waals surface area contributed by atoms with Gasteiger partial charge >= 0.3 is 11.9 Å². The number of ketones is 1. The molecule has 0 spiro atoms. The van der Waals surface area contributed by atoms with Crippen LogP contribution in [0.1, 0.15) is 44.3 Å². The minimum absolute atomic E-state index is 0.102. The van der Waals surface area contributed by atoms with Crippen LogP contribution in [0.15, 0.2) is 23.0 Å². The van der Waals surface area contributed by atoms with Crippen molar-refractivity contribution in [2.45, 2.75) is 50.4 Å². The van der Waals surface area contributed by atoms with E-state index in [2.05, 4.69) is 0 Å². The second-order valence-electron chi connectivity index (χ2n) is 8.33. The van der Waals surface area contributed by atoms with E-state index in [-0.39, 0.29) is 12.5 Å². The van der Waals surface area contributed by atoms with E-state index in [0.29, 0.717) is 19.3 Å². The summed E-state index contributed by atoms with van der Waals surface area (Å²) in [5.41, 5.74) is -1.66. The van der Waals surface area contributed by atoms with Crippen molar-refractivity contribution in [2.75, 3.05) is 0 Å². The highest BCUT2D eigenvalue weighted by Gasteiger charge is 2.71. The summed E-state index contributed by atoms with van der Waals surface area (Å²) < 4.78 is 16.1. The first kappa shape index (κ1) is 16.1. The Bertz CT molecular complexity index is 799. The zero-order valence-electron chi connectivity index (χ0n) is 14.3. The second kappa shape index (κ2) is 4.97. The van der Waals surface area contributed by atoms with Gasteiger partial charge in [0, 0.05) is 24.3 Å². The number of aliphatic hydroxyl groups is 1. The van der Waals surface area contributed by atoms with Gasteiger partial charge in [0.25, 0.3) is 0 Å². The smallest absolute Gasteiger partial charge is 0.312 e. The maximum absolute atomic E-state index is 12.9. The molecule has 0 radical (unpaired) electrons. The molecule has 1 N–H and O–H groups in total. The molecule has 1 aromatic rings. The fraction of sp³-hybridized carbons (Fsp3) is 0.632. The summed E-state index contributed by atoms with van der Waals surface area (Å²) in [6.07, 6.45) is 3.40. The lowest BCUT2D eigenvalue weighted by Crippen LogP contribution is -2.67. The normalized spacial score (nSPS) is 47.0. The Kier molecular flexibility index (Phi) is 3.07. The van der Waals surface area contributed by atoms with E-state index in [4.69, 9.17) is 13.9 Å². The van der Waals surface area contributed by atoms with Gasteiger partial charge in [-0.15, -0.1) is 0 Å². The number of hydrogen-bond donors (Lipinski definition) is 1. The van der Waals surface area contributed by atoms with Gasteiger partial charge in [0.15, 0.2) is 5.78 Å². The summed E-state index contributed by atoms with van der Waals surface area (Å²) in [5, 5.41) is 11.4. The van der Waals surface area contributed by atoms with E-state index in [1.165, 1.54) is 6.26 Å². The standard InChI is InChI=1S/C19H20O7/c1-18-7-13(9-2-3-24-8-9)26-16(21)11(18)6-15(20)19(23)12-4-10(5-14(18)19)25-17(12)22/h2-3,8,10-14,23H,4-7H2,1H3. The Hall–Kier alpha value is -2.15. The van der Waals surface area contributed by atoms with Crippen molar-refractivity contribution in [3.8, 4) is 0 Å². The van der Waals surface area contributed by atoms with Crippen molar-refractivity contribution in [3.63, 3.8) is 0 Å². The molecule has 2 saturated heterocycles. The van der Waals surface area contributed by atoms with E-state index in [9.17, 15) is 19.5 Å². The minimum atomic E-state index is -1.76. The molecule has 1 aromatic heterocycles. The SMILES string of the molecule is CC12CC(c3ccoc3)OC(=O)C1CC(=O)C1(O)C3CC(CC21)OC3=O. The molecule has 4 fully saturated rings. The zero-order chi connectivity index (χ0) is 18.3. The summed E-state index contributed by atoms with van der Waals surface area (Å²) in [7, 11) is 0. The molecule has 26 heavy (non-hydrogen) atoms. The fourth-order valence-electron chi connectivity index (χ4n) is 5.77. The van der Waals surface area contributed by atoms with Crippen molar-refractivity contribution in [3.05, 3.63) is 24.2 Å². The number of rotatable bonds is 1. The van der Waals surface area contributed by atoms with Gasteiger partial charge in [-0.25, -0.2) is 0 Å². The Morgan fingerprint density at radius 3 is 2.62 bits per heavy atom. The van der Waals surface area contributed by atoms with Crippen LogP contribution < -0.4 is 0 Å². The molecular formula is C19H20O7. The molecule has 4 aliphatic rings. The van der Waals surface area contributed by atoms with Crippen molar-refractivity contribution in [1.29, 1.82) is 0 Å². The van der Waals surface area contributed by atoms with E-state index in [0.717, 1.165) is 5.56 Å². The van der Waals surface area contributed by atoms with Gasteiger partial charge in [0.05, 0.1) is 24.4 Å². The Morgan fingerprint density at radius 1 is 1.12 bits per heavy atom. The van der Waals surface area contributed by atoms with Crippen LogP contribution in [-0.2, 0) is 23.9 Å². The summed E-state index contributed by atoms with van der Waals surface area (Å²) in [4.78, 5) is 37.8. The zero-order valence-corrected chi connectivity index (χ0v) is 14.3. The summed E-state index contributed by atoms with van der Waals surface area (Å²) in [5.74, 6) is -3.33. The third-order valence-electron chi connectivity index (χ3n) is 7.14. The number of cyclic esters (lactones) is 1. The molecule has 2 bridgehead atoms. The Morgan fingerprint density at radius 2 is 1.88 bits per heavy atom. The van der Waals surface area contributed by atoms with Gasteiger partial charge < -0.3 is 19.0 Å². The monoisotopic (exact) mass is 360 g/mol. The third-order valence-corrected chi connectivity index (χ3v) is 7.14. The summed E-state index contributed by atoms with van der Waals surface area (Å²) in [6, 6.07) is 1.75. The van der Waals surface area contributed by atoms with Crippen LogP contribution in [0.2, 0.25) is 0 Å². The van der Waals surface area contributed by atoms with Crippen LogP contribution in [0.3, 0.4) is 0 Å². The van der Waals surface area contributed by atoms with Gasteiger partial charge in [0.2, 0.25) is 0 Å². The molecule has 2 aliphatic heterocycles. The molecule has 0 amide bonds. The van der Waals surface area contributed by atoms with Gasteiger partial charge in [-0.05, 0) is 24.3 Å². The van der Waals surface area contributed by atoms with Crippen LogP contribution in [0.5, 0.6) is 0 Å². The first-order chi connectivity index (χ1) is 12.3. The third kappa shape index (κ3) is 1.84. The average Bonchev–Trinajstić information content (AvgIpc) is 3.22. The first-order valence-electron chi connectivity index (χ1n) is 9.03. The molecule has 2 aliphatic carbocycles. The Balaban J connectivity index is 1.59. The number of esters is 2. The lowest BCUT2D eigenvalue weighted by atomic mass is 9.47. The van der Waals surface area contributed by atoms with Crippen molar-refractivity contribution >= 4 is 17.7 Å². The van der Waals surface area contributed by atoms with Crippen LogP contribution in [0.4, 0.5) is 0 Å². The van der Waals surface area contributed by atoms with Gasteiger partial charge in [-0.3, -0.25) is 14.4 Å². The molecule has 7 unspecified atom stereocenters. The number of fused-ring (bicyclic) bond motifs is 6. The van der Waals surface area contributed by atoms with Gasteiger partial charge in [-0.2, -0.15) is 0 Å². The van der Waals surface area contributed by atoms with Crippen molar-refractivity contribution < 1.29 is 33.4 Å². The molecular weight excluding hydrogens is 340 g/mol. The van der Waals surface area contributed by atoms with Crippen LogP contribution in [0.25, 0.3) is 0 Å². The maximum atomic E-state index is 12.9. The average molecular weight is 360 g/mol. The number of ether oxygens (including phenoxy) is 2. The van der Waals surface area contributed by atoms with Crippen molar-refractivity contribution in [2.24, 2.45) is 23.2 Å².